The number of nitro groups is 1. The van der Waals surface area contributed by atoms with Crippen LogP contribution < -0.4 is 0 Å². The van der Waals surface area contributed by atoms with E-state index in [0.717, 1.165) is 23.3 Å². The number of hydrogen-bond donors (Lipinski definition) is 0. The summed E-state index contributed by atoms with van der Waals surface area (Å²) < 4.78 is 5.54. The Morgan fingerprint density at radius 1 is 1.27 bits per heavy atom. The molecule has 0 bridgehead atoms. The van der Waals surface area contributed by atoms with Crippen molar-refractivity contribution in [3.63, 3.8) is 0 Å². The molecule has 0 amide bonds. The maximum atomic E-state index is 11.3. The highest BCUT2D eigenvalue weighted by atomic mass is 16.6. The van der Waals surface area contributed by atoms with Gasteiger partial charge in [-0.15, -0.1) is 0 Å². The number of methoxy groups -OCH3 is 1. The quantitative estimate of drug-likeness (QED) is 0.619. The third-order valence-electron chi connectivity index (χ3n) is 5.11. The Morgan fingerprint density at radius 2 is 2.09 bits per heavy atom. The molecule has 0 saturated heterocycles. The van der Waals surface area contributed by atoms with Gasteiger partial charge in [-0.25, -0.2) is 0 Å². The van der Waals surface area contributed by atoms with E-state index >= 15 is 0 Å². The van der Waals surface area contributed by atoms with Gasteiger partial charge in [0.1, 0.15) is 5.76 Å². The maximum Gasteiger partial charge on any atom is 0.277 e. The van der Waals surface area contributed by atoms with Gasteiger partial charge in [-0.2, -0.15) is 0 Å². The van der Waals surface area contributed by atoms with E-state index in [2.05, 4.69) is 0 Å². The summed E-state index contributed by atoms with van der Waals surface area (Å²) in [6, 6.07) is 7.01. The highest BCUT2D eigenvalue weighted by Gasteiger charge is 2.48. The van der Waals surface area contributed by atoms with E-state index < -0.39 is 0 Å². The molecule has 1 aromatic carbocycles. The Morgan fingerprint density at radius 3 is 2.86 bits per heavy atom. The zero-order chi connectivity index (χ0) is 15.3. The van der Waals surface area contributed by atoms with Crippen molar-refractivity contribution in [2.24, 2.45) is 11.8 Å². The van der Waals surface area contributed by atoms with Crippen LogP contribution in [0.3, 0.4) is 0 Å². The molecule has 1 aromatic rings. The van der Waals surface area contributed by atoms with Crippen LogP contribution in [0.1, 0.15) is 24.8 Å². The molecule has 4 rings (SSSR count). The lowest BCUT2D eigenvalue weighted by Gasteiger charge is -2.42. The second-order valence-corrected chi connectivity index (χ2v) is 6.04. The molecule has 1 saturated carbocycles. The zero-order valence-electron chi connectivity index (χ0n) is 12.4. The number of allylic oxidation sites excluding steroid dienone is 5. The lowest BCUT2D eigenvalue weighted by atomic mass is 9.63. The average Bonchev–Trinajstić information content (AvgIpc) is 2.94. The van der Waals surface area contributed by atoms with Crippen LogP contribution in [-0.4, -0.2) is 12.0 Å². The fourth-order valence-corrected chi connectivity index (χ4v) is 4.21. The molecule has 4 heteroatoms. The summed E-state index contributed by atoms with van der Waals surface area (Å²) in [4.78, 5) is 11.0. The van der Waals surface area contributed by atoms with E-state index in [1.165, 1.54) is 24.0 Å². The van der Waals surface area contributed by atoms with Crippen LogP contribution in [0.4, 0.5) is 5.69 Å². The van der Waals surface area contributed by atoms with Gasteiger partial charge in [0.15, 0.2) is 0 Å². The first-order valence-corrected chi connectivity index (χ1v) is 7.65. The lowest BCUT2D eigenvalue weighted by Crippen LogP contribution is -2.32. The van der Waals surface area contributed by atoms with Gasteiger partial charge in [-0.1, -0.05) is 23.8 Å². The van der Waals surface area contributed by atoms with Crippen molar-refractivity contribution in [2.75, 3.05) is 7.11 Å². The standard InChI is InChI=1S/C18H17NO3/c1-22-16-10-9-14(11-5-2-3-8-15(11)19(20)21)17-12-6-4-7-13(12)18(16)17/h2-3,5,8-10,13,18H,4,6-7H2,1H3. The van der Waals surface area contributed by atoms with Crippen molar-refractivity contribution in [1.82, 2.24) is 0 Å². The molecular weight excluding hydrogens is 278 g/mol. The summed E-state index contributed by atoms with van der Waals surface area (Å²) >= 11 is 0. The summed E-state index contributed by atoms with van der Waals surface area (Å²) in [5.41, 5.74) is 4.66. The van der Waals surface area contributed by atoms with Crippen LogP contribution in [0.25, 0.3) is 5.57 Å². The normalized spacial score (nSPS) is 25.7. The largest absolute Gasteiger partial charge is 0.500 e. The molecule has 0 spiro atoms. The molecule has 2 atom stereocenters. The van der Waals surface area contributed by atoms with Gasteiger partial charge in [0.05, 0.1) is 17.6 Å². The number of benzene rings is 1. The lowest BCUT2D eigenvalue weighted by molar-refractivity contribution is -0.385. The van der Waals surface area contributed by atoms with E-state index in [-0.39, 0.29) is 10.6 Å². The van der Waals surface area contributed by atoms with Crippen LogP contribution in [0.2, 0.25) is 0 Å². The third kappa shape index (κ3) is 1.70. The molecule has 3 aliphatic rings. The van der Waals surface area contributed by atoms with Crippen LogP contribution in [0.15, 0.2) is 53.3 Å². The molecule has 0 radical (unpaired) electrons. The van der Waals surface area contributed by atoms with E-state index in [4.69, 9.17) is 4.74 Å². The first-order chi connectivity index (χ1) is 10.7. The molecule has 1 fully saturated rings. The van der Waals surface area contributed by atoms with Crippen molar-refractivity contribution < 1.29 is 9.66 Å². The monoisotopic (exact) mass is 295 g/mol. The van der Waals surface area contributed by atoms with Gasteiger partial charge >= 0.3 is 0 Å². The predicted octanol–water partition coefficient (Wildman–Crippen LogP) is 4.25. The SMILES string of the molecule is COC1=CC=C(c2ccccc2[N+](=O)[O-])C2=C3CCCC3C12. The number of ether oxygens (including phenoxy) is 1. The Labute approximate surface area is 128 Å². The number of rotatable bonds is 3. The first-order valence-electron chi connectivity index (χ1n) is 7.65. The number of para-hydroxylation sites is 1. The van der Waals surface area contributed by atoms with Gasteiger partial charge in [-0.05, 0) is 48.5 Å². The topological polar surface area (TPSA) is 52.4 Å². The maximum absolute atomic E-state index is 11.3. The number of nitro benzene ring substituents is 1. The minimum Gasteiger partial charge on any atom is -0.500 e. The second-order valence-electron chi connectivity index (χ2n) is 6.04. The van der Waals surface area contributed by atoms with E-state index in [1.807, 2.05) is 24.3 Å². The van der Waals surface area contributed by atoms with Crippen molar-refractivity contribution in [3.8, 4) is 0 Å². The molecule has 0 aromatic heterocycles. The van der Waals surface area contributed by atoms with E-state index in [1.54, 1.807) is 19.2 Å². The smallest absolute Gasteiger partial charge is 0.277 e. The van der Waals surface area contributed by atoms with Gasteiger partial charge in [-0.3, -0.25) is 10.1 Å². The minimum atomic E-state index is -0.295. The minimum absolute atomic E-state index is 0.177. The van der Waals surface area contributed by atoms with Gasteiger partial charge in [0.25, 0.3) is 5.69 Å². The molecule has 0 N–H and O–H groups in total. The Balaban J connectivity index is 1.89. The fraction of sp³-hybridized carbons (Fsp3) is 0.333. The molecule has 22 heavy (non-hydrogen) atoms. The summed E-state index contributed by atoms with van der Waals surface area (Å²) in [5, 5.41) is 11.3. The van der Waals surface area contributed by atoms with Crippen LogP contribution in [0.5, 0.6) is 0 Å². The van der Waals surface area contributed by atoms with E-state index in [0.29, 0.717) is 11.8 Å². The summed E-state index contributed by atoms with van der Waals surface area (Å²) in [6.45, 7) is 0. The first kappa shape index (κ1) is 13.3. The molecular formula is C18H17NO3. The van der Waals surface area contributed by atoms with Crippen LogP contribution in [0, 0.1) is 22.0 Å². The van der Waals surface area contributed by atoms with Gasteiger partial charge in [0, 0.05) is 12.0 Å². The second kappa shape index (κ2) is 4.83. The van der Waals surface area contributed by atoms with E-state index in [9.17, 15) is 10.1 Å². The Hall–Kier alpha value is -2.36. The fourth-order valence-electron chi connectivity index (χ4n) is 4.21. The van der Waals surface area contributed by atoms with Crippen molar-refractivity contribution in [2.45, 2.75) is 19.3 Å². The number of nitrogens with zero attached hydrogens (tertiary/aromatic N) is 1. The van der Waals surface area contributed by atoms with Crippen molar-refractivity contribution >= 4 is 11.3 Å². The predicted molar refractivity (Wildman–Crippen MR) is 84.0 cm³/mol. The highest BCUT2D eigenvalue weighted by molar-refractivity contribution is 5.89. The molecule has 0 heterocycles. The van der Waals surface area contributed by atoms with Gasteiger partial charge in [0.2, 0.25) is 0 Å². The summed E-state index contributed by atoms with van der Waals surface area (Å²) in [7, 11) is 1.71. The Kier molecular flexibility index (Phi) is 2.93. The number of hydrogen-bond acceptors (Lipinski definition) is 3. The van der Waals surface area contributed by atoms with Gasteiger partial charge < -0.3 is 4.74 Å². The average molecular weight is 295 g/mol. The summed E-state index contributed by atoms with van der Waals surface area (Å²) in [6.07, 6.45) is 7.49. The van der Waals surface area contributed by atoms with Crippen LogP contribution >= 0.6 is 0 Å². The molecule has 0 aliphatic heterocycles. The third-order valence-corrected chi connectivity index (χ3v) is 5.11. The summed E-state index contributed by atoms with van der Waals surface area (Å²) in [5.74, 6) is 1.86. The molecule has 2 unspecified atom stereocenters. The molecule has 4 nitrogen and oxygen atoms in total. The Bertz CT molecular complexity index is 757. The zero-order valence-corrected chi connectivity index (χ0v) is 12.4. The molecule has 3 aliphatic carbocycles. The molecule has 112 valence electrons. The highest BCUT2D eigenvalue weighted by Crippen LogP contribution is 2.59. The van der Waals surface area contributed by atoms with Crippen molar-refractivity contribution in [3.05, 3.63) is 69.0 Å². The van der Waals surface area contributed by atoms with Crippen LogP contribution in [-0.2, 0) is 4.74 Å². The number of fused-ring (bicyclic) bond motifs is 3. The van der Waals surface area contributed by atoms with Crippen molar-refractivity contribution in [1.29, 1.82) is 0 Å².